The van der Waals surface area contributed by atoms with E-state index in [1.165, 1.54) is 0 Å². The zero-order chi connectivity index (χ0) is 11.4. The van der Waals surface area contributed by atoms with Crippen LogP contribution in [0.3, 0.4) is 0 Å². The van der Waals surface area contributed by atoms with Gasteiger partial charge in [0.05, 0.1) is 17.4 Å². The van der Waals surface area contributed by atoms with Crippen molar-refractivity contribution in [3.63, 3.8) is 0 Å². The molecule has 1 heterocycles. The monoisotopic (exact) mass is 217 g/mol. The number of hydrogen-bond acceptors (Lipinski definition) is 2. The number of aromatic nitrogens is 2. The van der Waals surface area contributed by atoms with Crippen molar-refractivity contribution >= 4 is 16.9 Å². The normalized spacial score (nSPS) is 10.6. The number of nitrogens with one attached hydrogen (secondary N) is 2. The molecule has 0 radical (unpaired) electrons. The lowest BCUT2D eigenvalue weighted by Gasteiger charge is -2.04. The number of nitrogens with zero attached hydrogens (tertiary/aromatic N) is 1. The van der Waals surface area contributed by atoms with E-state index in [9.17, 15) is 4.79 Å². The quantitative estimate of drug-likeness (QED) is 0.822. The van der Waals surface area contributed by atoms with E-state index in [0.717, 1.165) is 23.0 Å². The number of carbonyl (C=O) groups excluding carboxylic acids is 1. The molecule has 0 bridgehead atoms. The molecule has 4 heteroatoms. The van der Waals surface area contributed by atoms with Crippen LogP contribution in [0.15, 0.2) is 24.5 Å². The summed E-state index contributed by atoms with van der Waals surface area (Å²) in [5.74, 6) is 0.104. The fourth-order valence-corrected chi connectivity index (χ4v) is 1.61. The third-order valence-corrected chi connectivity index (χ3v) is 2.45. The maximum Gasteiger partial charge on any atom is 0.220 e. The van der Waals surface area contributed by atoms with Gasteiger partial charge in [-0.05, 0) is 24.1 Å². The van der Waals surface area contributed by atoms with Crippen LogP contribution in [0.5, 0.6) is 0 Å². The van der Waals surface area contributed by atoms with Crippen LogP contribution in [0.2, 0.25) is 0 Å². The Bertz CT molecular complexity index is 490. The average Bonchev–Trinajstić information content (AvgIpc) is 2.74. The Balaban J connectivity index is 2.01. The van der Waals surface area contributed by atoms with Crippen LogP contribution < -0.4 is 5.32 Å². The molecule has 1 aromatic carbocycles. The van der Waals surface area contributed by atoms with Gasteiger partial charge in [-0.25, -0.2) is 4.98 Å². The van der Waals surface area contributed by atoms with Gasteiger partial charge in [0.1, 0.15) is 0 Å². The fourth-order valence-electron chi connectivity index (χ4n) is 1.61. The lowest BCUT2D eigenvalue weighted by atomic mass is 10.2. The van der Waals surface area contributed by atoms with Crippen LogP contribution in [-0.2, 0) is 11.3 Å². The number of benzene rings is 1. The summed E-state index contributed by atoms with van der Waals surface area (Å²) in [5.41, 5.74) is 3.03. The predicted octanol–water partition coefficient (Wildman–Crippen LogP) is 1.98. The van der Waals surface area contributed by atoms with Gasteiger partial charge in [-0.3, -0.25) is 4.79 Å². The van der Waals surface area contributed by atoms with Crippen LogP contribution in [-0.4, -0.2) is 15.9 Å². The van der Waals surface area contributed by atoms with E-state index >= 15 is 0 Å². The highest BCUT2D eigenvalue weighted by Crippen LogP contribution is 2.11. The Morgan fingerprint density at radius 2 is 2.38 bits per heavy atom. The Morgan fingerprint density at radius 1 is 1.50 bits per heavy atom. The fraction of sp³-hybridized carbons (Fsp3) is 0.333. The zero-order valence-corrected chi connectivity index (χ0v) is 9.29. The molecule has 0 atom stereocenters. The first-order chi connectivity index (χ1) is 7.79. The van der Waals surface area contributed by atoms with Gasteiger partial charge in [-0.2, -0.15) is 0 Å². The number of fused-ring (bicyclic) bond motifs is 1. The molecule has 0 saturated heterocycles. The number of carbonyl (C=O) groups is 1. The van der Waals surface area contributed by atoms with Crippen molar-refractivity contribution in [1.29, 1.82) is 0 Å². The van der Waals surface area contributed by atoms with Crippen molar-refractivity contribution in [1.82, 2.24) is 15.3 Å². The molecule has 0 spiro atoms. The second-order valence-corrected chi connectivity index (χ2v) is 3.78. The third kappa shape index (κ3) is 2.39. The Kier molecular flexibility index (Phi) is 3.19. The van der Waals surface area contributed by atoms with Crippen molar-refractivity contribution in [2.24, 2.45) is 0 Å². The molecule has 1 aromatic heterocycles. The minimum atomic E-state index is 0.104. The predicted molar refractivity (Wildman–Crippen MR) is 62.8 cm³/mol. The molecule has 0 saturated carbocycles. The van der Waals surface area contributed by atoms with E-state index in [-0.39, 0.29) is 5.91 Å². The smallest absolute Gasteiger partial charge is 0.220 e. The largest absolute Gasteiger partial charge is 0.352 e. The van der Waals surface area contributed by atoms with Crippen LogP contribution in [0.25, 0.3) is 11.0 Å². The molecule has 1 amide bonds. The first-order valence-corrected chi connectivity index (χ1v) is 5.48. The summed E-state index contributed by atoms with van der Waals surface area (Å²) in [6.07, 6.45) is 3.14. The summed E-state index contributed by atoms with van der Waals surface area (Å²) in [4.78, 5) is 18.5. The first-order valence-electron chi connectivity index (χ1n) is 5.48. The molecule has 2 aromatic rings. The highest BCUT2D eigenvalue weighted by atomic mass is 16.1. The van der Waals surface area contributed by atoms with Gasteiger partial charge in [0.15, 0.2) is 0 Å². The van der Waals surface area contributed by atoms with Gasteiger partial charge in [-0.15, -0.1) is 0 Å². The summed E-state index contributed by atoms with van der Waals surface area (Å²) < 4.78 is 0. The Labute approximate surface area is 94.1 Å². The maximum absolute atomic E-state index is 11.3. The number of aromatic amines is 1. The van der Waals surface area contributed by atoms with E-state index < -0.39 is 0 Å². The van der Waals surface area contributed by atoms with E-state index in [0.29, 0.717) is 13.0 Å². The van der Waals surface area contributed by atoms with Gasteiger partial charge >= 0.3 is 0 Å². The summed E-state index contributed by atoms with van der Waals surface area (Å²) in [6, 6.07) is 5.94. The van der Waals surface area contributed by atoms with E-state index in [1.807, 2.05) is 25.1 Å². The summed E-state index contributed by atoms with van der Waals surface area (Å²) >= 11 is 0. The molecule has 0 aliphatic carbocycles. The van der Waals surface area contributed by atoms with Crippen LogP contribution in [0.4, 0.5) is 0 Å². The minimum absolute atomic E-state index is 0.104. The van der Waals surface area contributed by atoms with Crippen molar-refractivity contribution in [3.05, 3.63) is 30.1 Å². The second kappa shape index (κ2) is 4.79. The van der Waals surface area contributed by atoms with E-state index in [4.69, 9.17) is 0 Å². The number of hydrogen-bond donors (Lipinski definition) is 2. The number of imidazole rings is 1. The topological polar surface area (TPSA) is 57.8 Å². The lowest BCUT2D eigenvalue weighted by molar-refractivity contribution is -0.121. The van der Waals surface area contributed by atoms with E-state index in [2.05, 4.69) is 15.3 Å². The van der Waals surface area contributed by atoms with Gasteiger partial charge < -0.3 is 10.3 Å². The maximum atomic E-state index is 11.3. The molecule has 4 nitrogen and oxygen atoms in total. The minimum Gasteiger partial charge on any atom is -0.352 e. The summed E-state index contributed by atoms with van der Waals surface area (Å²) in [7, 11) is 0. The van der Waals surface area contributed by atoms with E-state index in [1.54, 1.807) is 6.33 Å². The van der Waals surface area contributed by atoms with Gasteiger partial charge in [0, 0.05) is 13.0 Å². The van der Waals surface area contributed by atoms with Crippen LogP contribution in [0.1, 0.15) is 25.3 Å². The Morgan fingerprint density at radius 3 is 3.19 bits per heavy atom. The summed E-state index contributed by atoms with van der Waals surface area (Å²) in [6.45, 7) is 2.57. The van der Waals surface area contributed by atoms with Crippen LogP contribution >= 0.6 is 0 Å². The molecule has 16 heavy (non-hydrogen) atoms. The standard InChI is InChI=1S/C12H15N3O/c1-2-3-12(16)13-7-9-4-5-10-11(6-9)15-8-14-10/h4-6,8H,2-3,7H2,1H3,(H,13,16)(H,14,15). The van der Waals surface area contributed by atoms with Crippen LogP contribution in [0, 0.1) is 0 Å². The molecular formula is C12H15N3O. The molecule has 0 aliphatic rings. The molecule has 84 valence electrons. The highest BCUT2D eigenvalue weighted by Gasteiger charge is 2.01. The molecule has 0 unspecified atom stereocenters. The lowest BCUT2D eigenvalue weighted by Crippen LogP contribution is -2.21. The molecule has 0 aliphatic heterocycles. The zero-order valence-electron chi connectivity index (χ0n) is 9.29. The van der Waals surface area contributed by atoms with Gasteiger partial charge in [-0.1, -0.05) is 13.0 Å². The number of H-pyrrole nitrogens is 1. The Hall–Kier alpha value is -1.84. The first kappa shape index (κ1) is 10.7. The molecule has 0 fully saturated rings. The van der Waals surface area contributed by atoms with Crippen molar-refractivity contribution in [2.75, 3.05) is 0 Å². The molecular weight excluding hydrogens is 202 g/mol. The molecule has 2 N–H and O–H groups in total. The number of amides is 1. The highest BCUT2D eigenvalue weighted by molar-refractivity contribution is 5.77. The van der Waals surface area contributed by atoms with Crippen molar-refractivity contribution in [2.45, 2.75) is 26.3 Å². The molecule has 2 rings (SSSR count). The average molecular weight is 217 g/mol. The van der Waals surface area contributed by atoms with Gasteiger partial charge in [0.25, 0.3) is 0 Å². The van der Waals surface area contributed by atoms with Crippen molar-refractivity contribution < 1.29 is 4.79 Å². The van der Waals surface area contributed by atoms with Gasteiger partial charge in [0.2, 0.25) is 5.91 Å². The third-order valence-electron chi connectivity index (χ3n) is 2.45. The SMILES string of the molecule is CCCC(=O)NCc1ccc2nc[nH]c2c1. The van der Waals surface area contributed by atoms with Crippen molar-refractivity contribution in [3.8, 4) is 0 Å². The summed E-state index contributed by atoms with van der Waals surface area (Å²) in [5, 5.41) is 2.88. The second-order valence-electron chi connectivity index (χ2n) is 3.78. The number of rotatable bonds is 4.